The Labute approximate surface area is 188 Å². The van der Waals surface area contributed by atoms with Gasteiger partial charge < -0.3 is 15.0 Å². The first-order valence-corrected chi connectivity index (χ1v) is 9.98. The summed E-state index contributed by atoms with van der Waals surface area (Å²) in [5, 5.41) is 33.5. The maximum Gasteiger partial charge on any atom is 0.269 e. The SMILES string of the molecule is N#C/C(=C/c1cn(Cc2cccc([N+](=O)[O-])c2)c2ccccc12)C(=O)Nc1ccc(O)cc1. The number of fused-ring (bicyclic) bond motifs is 1. The number of carbonyl (C=O) groups excluding carboxylic acids is 1. The van der Waals surface area contributed by atoms with Gasteiger partial charge in [0.2, 0.25) is 0 Å². The summed E-state index contributed by atoms with van der Waals surface area (Å²) in [6.45, 7) is 0.387. The molecule has 0 radical (unpaired) electrons. The minimum Gasteiger partial charge on any atom is -0.508 e. The van der Waals surface area contributed by atoms with Crippen molar-refractivity contribution < 1.29 is 14.8 Å². The van der Waals surface area contributed by atoms with Gasteiger partial charge >= 0.3 is 0 Å². The minimum atomic E-state index is -0.571. The van der Waals surface area contributed by atoms with E-state index in [1.807, 2.05) is 47.2 Å². The molecule has 0 bridgehead atoms. The molecule has 1 aromatic heterocycles. The first-order chi connectivity index (χ1) is 15.9. The number of nitro benzene ring substituents is 1. The quantitative estimate of drug-likeness (QED) is 0.147. The van der Waals surface area contributed by atoms with Gasteiger partial charge in [0.15, 0.2) is 0 Å². The van der Waals surface area contributed by atoms with Crippen molar-refractivity contribution in [3.63, 3.8) is 0 Å². The van der Waals surface area contributed by atoms with Crippen LogP contribution in [0, 0.1) is 21.4 Å². The molecule has 0 aliphatic heterocycles. The highest BCUT2D eigenvalue weighted by Crippen LogP contribution is 2.26. The van der Waals surface area contributed by atoms with Gasteiger partial charge in [0.05, 0.1) is 4.92 Å². The van der Waals surface area contributed by atoms with Gasteiger partial charge in [-0.15, -0.1) is 0 Å². The lowest BCUT2D eigenvalue weighted by Crippen LogP contribution is -2.13. The first kappa shape index (κ1) is 21.3. The summed E-state index contributed by atoms with van der Waals surface area (Å²) in [5.74, 6) is -0.501. The second-order valence-electron chi connectivity index (χ2n) is 7.33. The van der Waals surface area contributed by atoms with Crippen LogP contribution < -0.4 is 5.32 Å². The van der Waals surface area contributed by atoms with E-state index in [2.05, 4.69) is 5.32 Å². The van der Waals surface area contributed by atoms with Gasteiger partial charge in [-0.3, -0.25) is 14.9 Å². The molecule has 8 nitrogen and oxygen atoms in total. The summed E-state index contributed by atoms with van der Waals surface area (Å²) in [6, 6.07) is 21.8. The standard InChI is InChI=1S/C25H18N4O4/c26-14-18(25(31)27-20-8-10-22(30)11-9-20)13-19-16-28(24-7-2-1-6-23(19)24)15-17-4-3-5-21(12-17)29(32)33/h1-13,16,30H,15H2,(H,27,31)/b18-13-. The van der Waals surface area contributed by atoms with Crippen molar-refractivity contribution in [2.24, 2.45) is 0 Å². The average Bonchev–Trinajstić information content (AvgIpc) is 3.16. The number of nitro groups is 1. The summed E-state index contributed by atoms with van der Waals surface area (Å²) in [5.41, 5.74) is 2.68. The molecule has 1 amide bonds. The Morgan fingerprint density at radius 3 is 2.61 bits per heavy atom. The number of amides is 1. The zero-order chi connectivity index (χ0) is 23.4. The number of nitrogens with one attached hydrogen (secondary N) is 1. The Balaban J connectivity index is 1.67. The average molecular weight is 438 g/mol. The lowest BCUT2D eigenvalue weighted by Gasteiger charge is -2.05. The molecule has 0 aliphatic carbocycles. The van der Waals surface area contributed by atoms with Crippen LogP contribution in [0.5, 0.6) is 5.75 Å². The highest BCUT2D eigenvalue weighted by Gasteiger charge is 2.14. The van der Waals surface area contributed by atoms with Gasteiger partial charge in [0.25, 0.3) is 11.6 Å². The molecule has 4 rings (SSSR count). The van der Waals surface area contributed by atoms with Crippen molar-refractivity contribution >= 4 is 34.3 Å². The number of hydrogen-bond donors (Lipinski definition) is 2. The number of para-hydroxylation sites is 1. The second kappa shape index (κ2) is 9.08. The molecule has 0 unspecified atom stereocenters. The summed E-state index contributed by atoms with van der Waals surface area (Å²) < 4.78 is 1.92. The summed E-state index contributed by atoms with van der Waals surface area (Å²) in [4.78, 5) is 23.3. The fraction of sp³-hybridized carbons (Fsp3) is 0.0400. The van der Waals surface area contributed by atoms with Gasteiger partial charge in [-0.2, -0.15) is 5.26 Å². The Morgan fingerprint density at radius 1 is 1.12 bits per heavy atom. The Kier molecular flexibility index (Phi) is 5.87. The van der Waals surface area contributed by atoms with Crippen molar-refractivity contribution in [1.82, 2.24) is 4.57 Å². The fourth-order valence-corrected chi connectivity index (χ4v) is 3.53. The molecular formula is C25H18N4O4. The number of nitriles is 1. The van der Waals surface area contributed by atoms with Crippen LogP contribution in [0.4, 0.5) is 11.4 Å². The molecule has 0 fully saturated rings. The fourth-order valence-electron chi connectivity index (χ4n) is 3.53. The van der Waals surface area contributed by atoms with E-state index in [0.29, 0.717) is 17.8 Å². The zero-order valence-electron chi connectivity index (χ0n) is 17.3. The number of nitrogens with zero attached hydrogens (tertiary/aromatic N) is 3. The molecule has 3 aromatic carbocycles. The van der Waals surface area contributed by atoms with Crippen LogP contribution in [-0.2, 0) is 11.3 Å². The molecule has 0 spiro atoms. The molecule has 1 heterocycles. The van der Waals surface area contributed by atoms with Crippen molar-refractivity contribution in [3.05, 3.63) is 106 Å². The van der Waals surface area contributed by atoms with E-state index < -0.39 is 10.8 Å². The number of carbonyl (C=O) groups is 1. The number of benzene rings is 3. The van der Waals surface area contributed by atoms with Gasteiger partial charge in [0.1, 0.15) is 17.4 Å². The predicted molar refractivity (Wildman–Crippen MR) is 124 cm³/mol. The minimum absolute atomic E-state index is 0.0155. The molecule has 4 aromatic rings. The molecule has 0 saturated carbocycles. The largest absolute Gasteiger partial charge is 0.508 e. The summed E-state index contributed by atoms with van der Waals surface area (Å²) in [7, 11) is 0. The number of non-ortho nitro benzene ring substituents is 1. The van der Waals surface area contributed by atoms with Crippen LogP contribution in [0.2, 0.25) is 0 Å². The van der Waals surface area contributed by atoms with Crippen molar-refractivity contribution in [2.45, 2.75) is 6.54 Å². The highest BCUT2D eigenvalue weighted by molar-refractivity contribution is 6.10. The maximum absolute atomic E-state index is 12.6. The van der Waals surface area contributed by atoms with Crippen molar-refractivity contribution in [2.75, 3.05) is 5.32 Å². The number of aromatic hydroxyl groups is 1. The first-order valence-electron chi connectivity index (χ1n) is 9.98. The van der Waals surface area contributed by atoms with Crippen LogP contribution in [0.3, 0.4) is 0 Å². The third kappa shape index (κ3) is 4.73. The van der Waals surface area contributed by atoms with Gasteiger partial charge in [-0.05, 0) is 42.0 Å². The van der Waals surface area contributed by atoms with E-state index in [-0.39, 0.29) is 17.0 Å². The van der Waals surface area contributed by atoms with Crippen LogP contribution in [0.15, 0.2) is 84.6 Å². The third-order valence-electron chi connectivity index (χ3n) is 5.08. The normalized spacial score (nSPS) is 11.2. The van der Waals surface area contributed by atoms with Crippen LogP contribution in [-0.4, -0.2) is 20.5 Å². The lowest BCUT2D eigenvalue weighted by molar-refractivity contribution is -0.384. The topological polar surface area (TPSA) is 121 Å². The van der Waals surface area contributed by atoms with Crippen molar-refractivity contribution in [3.8, 4) is 11.8 Å². The molecule has 33 heavy (non-hydrogen) atoms. The zero-order valence-corrected chi connectivity index (χ0v) is 17.3. The van der Waals surface area contributed by atoms with Gasteiger partial charge in [-0.1, -0.05) is 30.3 Å². The molecule has 2 N–H and O–H groups in total. The molecular weight excluding hydrogens is 420 g/mol. The summed E-state index contributed by atoms with van der Waals surface area (Å²) in [6.07, 6.45) is 3.33. The second-order valence-corrected chi connectivity index (χ2v) is 7.33. The Hall–Kier alpha value is -4.90. The predicted octanol–water partition coefficient (Wildman–Crippen LogP) is 4.85. The lowest BCUT2D eigenvalue weighted by atomic mass is 10.1. The Bertz CT molecular complexity index is 1430. The smallest absolute Gasteiger partial charge is 0.269 e. The number of rotatable bonds is 6. The molecule has 0 aliphatic rings. The Morgan fingerprint density at radius 2 is 1.88 bits per heavy atom. The van der Waals surface area contributed by atoms with E-state index in [9.17, 15) is 25.3 Å². The summed E-state index contributed by atoms with van der Waals surface area (Å²) >= 11 is 0. The van der Waals surface area contributed by atoms with E-state index in [1.165, 1.54) is 42.5 Å². The van der Waals surface area contributed by atoms with Gasteiger partial charge in [-0.25, -0.2) is 0 Å². The monoisotopic (exact) mass is 438 g/mol. The number of anilines is 1. The van der Waals surface area contributed by atoms with Crippen LogP contribution >= 0.6 is 0 Å². The van der Waals surface area contributed by atoms with Crippen LogP contribution in [0.25, 0.3) is 17.0 Å². The van der Waals surface area contributed by atoms with Crippen LogP contribution in [0.1, 0.15) is 11.1 Å². The van der Waals surface area contributed by atoms with E-state index in [0.717, 1.165) is 16.5 Å². The van der Waals surface area contributed by atoms with Crippen molar-refractivity contribution in [1.29, 1.82) is 5.26 Å². The van der Waals surface area contributed by atoms with Gasteiger partial charge in [0, 0.05) is 47.0 Å². The van der Waals surface area contributed by atoms with E-state index in [1.54, 1.807) is 6.07 Å². The molecule has 0 saturated heterocycles. The van der Waals surface area contributed by atoms with E-state index in [4.69, 9.17) is 0 Å². The number of hydrogen-bond acceptors (Lipinski definition) is 5. The highest BCUT2D eigenvalue weighted by atomic mass is 16.6. The van der Waals surface area contributed by atoms with E-state index >= 15 is 0 Å². The number of phenolic OH excluding ortho intramolecular Hbond substituents is 1. The molecule has 8 heteroatoms. The maximum atomic E-state index is 12.6. The molecule has 0 atom stereocenters. The number of aromatic nitrogens is 1. The third-order valence-corrected chi connectivity index (χ3v) is 5.08. The molecule has 162 valence electrons. The number of phenols is 1.